The van der Waals surface area contributed by atoms with Crippen molar-refractivity contribution in [3.8, 4) is 5.75 Å². The summed E-state index contributed by atoms with van der Waals surface area (Å²) < 4.78 is 5.21. The number of hydrogen-bond acceptors (Lipinski definition) is 3. The van der Waals surface area contributed by atoms with Gasteiger partial charge in [-0.25, -0.2) is 0 Å². The van der Waals surface area contributed by atoms with Gasteiger partial charge >= 0.3 is 0 Å². The van der Waals surface area contributed by atoms with Gasteiger partial charge in [-0.1, -0.05) is 48.0 Å². The van der Waals surface area contributed by atoms with Crippen LogP contribution in [0, 0.1) is 0 Å². The number of anilines is 1. The molecule has 1 saturated heterocycles. The molecule has 150 valence electrons. The molecule has 1 heterocycles. The number of hydrogen-bond donors (Lipinski definition) is 1. The largest absolute Gasteiger partial charge is 0.497 e. The van der Waals surface area contributed by atoms with E-state index in [1.807, 2.05) is 18.2 Å². The minimum Gasteiger partial charge on any atom is -0.497 e. The molecule has 1 aliphatic heterocycles. The second-order valence-corrected chi connectivity index (χ2v) is 8.02. The first-order valence-electron chi connectivity index (χ1n) is 10.2. The van der Waals surface area contributed by atoms with Crippen LogP contribution in [0.1, 0.15) is 35.6 Å². The zero-order valence-electron chi connectivity index (χ0n) is 16.8. The van der Waals surface area contributed by atoms with Crippen LogP contribution in [0.25, 0.3) is 0 Å². The topological polar surface area (TPSA) is 24.5 Å². The van der Waals surface area contributed by atoms with Gasteiger partial charge in [0.2, 0.25) is 0 Å². The number of halogens is 1. The van der Waals surface area contributed by atoms with Gasteiger partial charge in [-0.2, -0.15) is 0 Å². The van der Waals surface area contributed by atoms with E-state index in [4.69, 9.17) is 16.3 Å². The Balaban J connectivity index is 1.35. The van der Waals surface area contributed by atoms with Crippen LogP contribution in [-0.2, 0) is 13.1 Å². The third-order valence-electron chi connectivity index (χ3n) is 5.59. The Morgan fingerprint density at radius 1 is 1.00 bits per heavy atom. The maximum Gasteiger partial charge on any atom is 0.118 e. The number of rotatable bonds is 7. The van der Waals surface area contributed by atoms with E-state index < -0.39 is 0 Å². The second kappa shape index (κ2) is 9.34. The molecule has 4 rings (SSSR count). The van der Waals surface area contributed by atoms with Gasteiger partial charge in [0.25, 0.3) is 0 Å². The maximum absolute atomic E-state index is 6.21. The molecule has 0 spiro atoms. The van der Waals surface area contributed by atoms with Crippen LogP contribution < -0.4 is 10.1 Å². The summed E-state index contributed by atoms with van der Waals surface area (Å²) in [6.45, 7) is 2.90. The predicted octanol–water partition coefficient (Wildman–Crippen LogP) is 6.30. The molecule has 0 aromatic heterocycles. The molecule has 0 amide bonds. The number of nitrogens with zero attached hydrogens (tertiary/aromatic N) is 1. The number of benzene rings is 3. The number of ether oxygens (including phenoxy) is 1. The zero-order valence-corrected chi connectivity index (χ0v) is 17.5. The molecule has 0 bridgehead atoms. The summed E-state index contributed by atoms with van der Waals surface area (Å²) in [4.78, 5) is 2.56. The van der Waals surface area contributed by atoms with Crippen molar-refractivity contribution >= 4 is 17.3 Å². The molecule has 1 unspecified atom stereocenters. The molecule has 0 saturated carbocycles. The van der Waals surface area contributed by atoms with Crippen molar-refractivity contribution in [2.75, 3.05) is 19.0 Å². The van der Waals surface area contributed by atoms with E-state index in [0.717, 1.165) is 36.1 Å². The van der Waals surface area contributed by atoms with E-state index in [-0.39, 0.29) is 0 Å². The molecule has 3 aromatic rings. The van der Waals surface area contributed by atoms with Gasteiger partial charge in [-0.3, -0.25) is 4.90 Å². The Kier molecular flexibility index (Phi) is 6.38. The van der Waals surface area contributed by atoms with Crippen LogP contribution in [0.4, 0.5) is 5.69 Å². The Hall–Kier alpha value is -2.49. The van der Waals surface area contributed by atoms with Gasteiger partial charge < -0.3 is 10.1 Å². The zero-order chi connectivity index (χ0) is 20.1. The summed E-state index contributed by atoms with van der Waals surface area (Å²) in [5.41, 5.74) is 5.04. The monoisotopic (exact) mass is 406 g/mol. The molecule has 4 heteroatoms. The molecule has 1 aliphatic rings. The summed E-state index contributed by atoms with van der Waals surface area (Å²) >= 11 is 6.21. The third kappa shape index (κ3) is 5.11. The first kappa shape index (κ1) is 19.8. The number of likely N-dealkylation sites (tertiary alicyclic amines) is 1. The van der Waals surface area contributed by atoms with Crippen LogP contribution in [-0.4, -0.2) is 18.6 Å². The number of nitrogens with one attached hydrogen (secondary N) is 1. The number of methoxy groups -OCH3 is 1. The van der Waals surface area contributed by atoms with Crippen molar-refractivity contribution < 1.29 is 4.74 Å². The van der Waals surface area contributed by atoms with E-state index in [1.54, 1.807) is 7.11 Å². The lowest BCUT2D eigenvalue weighted by molar-refractivity contribution is 0.248. The van der Waals surface area contributed by atoms with E-state index >= 15 is 0 Å². The molecule has 3 aromatic carbocycles. The standard InChI is InChI=1S/C25H27ClN2O/c1-29-24-13-9-19(10-14-24)17-27-23-11-7-20(8-12-23)18-28-15-3-6-25(28)21-4-2-5-22(26)16-21/h2,4-5,7-14,16,25,27H,3,6,15,17-18H2,1H3. The van der Waals surface area contributed by atoms with Gasteiger partial charge in [0.15, 0.2) is 0 Å². The molecule has 3 nitrogen and oxygen atoms in total. The van der Waals surface area contributed by atoms with E-state index in [9.17, 15) is 0 Å². The Morgan fingerprint density at radius 3 is 2.48 bits per heavy atom. The summed E-state index contributed by atoms with van der Waals surface area (Å²) in [7, 11) is 1.69. The van der Waals surface area contributed by atoms with Crippen LogP contribution in [0.2, 0.25) is 5.02 Å². The highest BCUT2D eigenvalue weighted by Gasteiger charge is 2.25. The highest BCUT2D eigenvalue weighted by atomic mass is 35.5. The summed E-state index contributed by atoms with van der Waals surface area (Å²) in [5, 5.41) is 4.31. The molecule has 29 heavy (non-hydrogen) atoms. The van der Waals surface area contributed by atoms with Crippen LogP contribution in [0.3, 0.4) is 0 Å². The fourth-order valence-corrected chi connectivity index (χ4v) is 4.22. The van der Waals surface area contributed by atoms with Crippen LogP contribution in [0.15, 0.2) is 72.8 Å². The smallest absolute Gasteiger partial charge is 0.118 e. The first-order chi connectivity index (χ1) is 14.2. The Labute approximate surface area is 178 Å². The summed E-state index contributed by atoms with van der Waals surface area (Å²) in [6.07, 6.45) is 2.43. The highest BCUT2D eigenvalue weighted by Crippen LogP contribution is 2.34. The van der Waals surface area contributed by atoms with Gasteiger partial charge in [0.1, 0.15) is 5.75 Å². The molecule has 1 fully saturated rings. The molecular formula is C25H27ClN2O. The Bertz CT molecular complexity index is 924. The molecule has 1 N–H and O–H groups in total. The van der Waals surface area contributed by atoms with Gasteiger partial charge in [-0.05, 0) is 72.5 Å². The fourth-order valence-electron chi connectivity index (χ4n) is 4.02. The average Bonchev–Trinajstić information content (AvgIpc) is 3.22. The van der Waals surface area contributed by atoms with Crippen molar-refractivity contribution in [3.05, 3.63) is 94.5 Å². The maximum atomic E-state index is 6.21. The Morgan fingerprint density at radius 2 is 1.76 bits per heavy atom. The molecule has 1 atom stereocenters. The van der Waals surface area contributed by atoms with Crippen molar-refractivity contribution in [3.63, 3.8) is 0 Å². The minimum absolute atomic E-state index is 0.460. The minimum atomic E-state index is 0.460. The summed E-state index contributed by atoms with van der Waals surface area (Å²) in [5.74, 6) is 0.885. The lowest BCUT2D eigenvalue weighted by Crippen LogP contribution is -2.22. The quantitative estimate of drug-likeness (QED) is 0.498. The second-order valence-electron chi connectivity index (χ2n) is 7.58. The lowest BCUT2D eigenvalue weighted by Gasteiger charge is -2.25. The normalized spacial score (nSPS) is 16.7. The van der Waals surface area contributed by atoms with E-state index in [1.165, 1.54) is 29.5 Å². The molecule has 0 radical (unpaired) electrons. The van der Waals surface area contributed by atoms with E-state index in [2.05, 4.69) is 64.8 Å². The van der Waals surface area contributed by atoms with Crippen LogP contribution in [0.5, 0.6) is 5.75 Å². The fraction of sp³-hybridized carbons (Fsp3) is 0.280. The molecular weight excluding hydrogens is 380 g/mol. The summed E-state index contributed by atoms with van der Waals surface area (Å²) in [6, 6.07) is 25.7. The van der Waals surface area contributed by atoms with Gasteiger partial charge in [0, 0.05) is 29.8 Å². The van der Waals surface area contributed by atoms with E-state index in [0.29, 0.717) is 6.04 Å². The highest BCUT2D eigenvalue weighted by molar-refractivity contribution is 6.30. The van der Waals surface area contributed by atoms with Crippen molar-refractivity contribution in [1.82, 2.24) is 4.90 Å². The van der Waals surface area contributed by atoms with Gasteiger partial charge in [-0.15, -0.1) is 0 Å². The third-order valence-corrected chi connectivity index (χ3v) is 5.83. The van der Waals surface area contributed by atoms with Crippen LogP contribution >= 0.6 is 11.6 Å². The van der Waals surface area contributed by atoms with Gasteiger partial charge in [0.05, 0.1) is 7.11 Å². The first-order valence-corrected chi connectivity index (χ1v) is 10.5. The predicted molar refractivity (Wildman–Crippen MR) is 121 cm³/mol. The van der Waals surface area contributed by atoms with Crippen molar-refractivity contribution in [1.29, 1.82) is 0 Å². The SMILES string of the molecule is COc1ccc(CNc2ccc(CN3CCCC3c3cccc(Cl)c3)cc2)cc1. The van der Waals surface area contributed by atoms with Crippen molar-refractivity contribution in [2.24, 2.45) is 0 Å². The van der Waals surface area contributed by atoms with Crippen molar-refractivity contribution in [2.45, 2.75) is 32.0 Å². The molecule has 0 aliphatic carbocycles. The average molecular weight is 407 g/mol. The lowest BCUT2D eigenvalue weighted by atomic mass is 10.0.